The van der Waals surface area contributed by atoms with E-state index in [1.807, 2.05) is 54.6 Å². The van der Waals surface area contributed by atoms with Gasteiger partial charge in [0, 0.05) is 22.1 Å². The first-order valence-electron chi connectivity index (χ1n) is 10.2. The van der Waals surface area contributed by atoms with Crippen molar-refractivity contribution in [1.82, 2.24) is 0 Å². The third-order valence-corrected chi connectivity index (χ3v) is 6.46. The normalized spacial score (nSPS) is 10.9. The zero-order valence-electron chi connectivity index (χ0n) is 17.7. The number of para-hydroxylation sites is 1. The predicted octanol–water partition coefficient (Wildman–Crippen LogP) is 6.74. The summed E-state index contributed by atoms with van der Waals surface area (Å²) in [5.41, 5.74) is 1.86. The molecule has 34 heavy (non-hydrogen) atoms. The number of sulfonamides is 1. The first-order chi connectivity index (χ1) is 16.4. The maximum absolute atomic E-state index is 12.6. The van der Waals surface area contributed by atoms with Crippen molar-refractivity contribution in [2.24, 2.45) is 0 Å². The van der Waals surface area contributed by atoms with Gasteiger partial charge in [0.05, 0.1) is 4.90 Å². The van der Waals surface area contributed by atoms with Gasteiger partial charge in [-0.25, -0.2) is 8.42 Å². The van der Waals surface area contributed by atoms with E-state index in [1.54, 1.807) is 36.4 Å². The number of nitrogens with one attached hydrogen (secondary N) is 3. The van der Waals surface area contributed by atoms with Gasteiger partial charge < -0.3 is 15.4 Å². The van der Waals surface area contributed by atoms with E-state index >= 15 is 0 Å². The lowest BCUT2D eigenvalue weighted by Crippen LogP contribution is -2.19. The van der Waals surface area contributed by atoms with Crippen LogP contribution in [0.2, 0.25) is 5.02 Å². The van der Waals surface area contributed by atoms with Gasteiger partial charge in [0.25, 0.3) is 10.0 Å². The number of anilines is 3. The van der Waals surface area contributed by atoms with E-state index in [9.17, 15) is 8.42 Å². The highest BCUT2D eigenvalue weighted by Gasteiger charge is 2.14. The van der Waals surface area contributed by atoms with Crippen molar-refractivity contribution >= 4 is 56.0 Å². The maximum Gasteiger partial charge on any atom is 0.261 e. The SMILES string of the molecule is O=S(=O)(Nc1ccc(Cl)cc1)c1ccc(NC(=S)Nc2ccc(Oc3ccccc3)cc2)cc1. The van der Waals surface area contributed by atoms with Crippen LogP contribution < -0.4 is 20.1 Å². The monoisotopic (exact) mass is 509 g/mol. The Kier molecular flexibility index (Phi) is 7.32. The van der Waals surface area contributed by atoms with E-state index in [2.05, 4.69) is 15.4 Å². The molecule has 0 aliphatic rings. The van der Waals surface area contributed by atoms with Crippen molar-refractivity contribution in [3.8, 4) is 11.5 Å². The van der Waals surface area contributed by atoms with Crippen molar-refractivity contribution in [3.63, 3.8) is 0 Å². The molecule has 0 aromatic heterocycles. The van der Waals surface area contributed by atoms with E-state index < -0.39 is 10.0 Å². The summed E-state index contributed by atoms with van der Waals surface area (Å²) in [7, 11) is -3.73. The molecule has 0 amide bonds. The molecule has 6 nitrogen and oxygen atoms in total. The fourth-order valence-corrected chi connectivity index (χ4v) is 4.39. The first-order valence-corrected chi connectivity index (χ1v) is 12.4. The molecule has 0 aliphatic heterocycles. The second-order valence-corrected chi connectivity index (χ2v) is 9.68. The Hall–Kier alpha value is -3.59. The number of hydrogen-bond donors (Lipinski definition) is 3. The van der Waals surface area contributed by atoms with E-state index in [0.29, 0.717) is 27.3 Å². The van der Waals surface area contributed by atoms with Crippen molar-refractivity contribution in [2.45, 2.75) is 4.90 Å². The van der Waals surface area contributed by atoms with Crippen LogP contribution in [0, 0.1) is 0 Å². The summed E-state index contributed by atoms with van der Waals surface area (Å²) in [6.45, 7) is 0. The molecular weight excluding hydrogens is 490 g/mol. The first kappa shape index (κ1) is 23.6. The summed E-state index contributed by atoms with van der Waals surface area (Å²) in [6.07, 6.45) is 0. The highest BCUT2D eigenvalue weighted by atomic mass is 35.5. The second kappa shape index (κ2) is 10.6. The zero-order valence-corrected chi connectivity index (χ0v) is 20.1. The molecule has 0 aliphatic carbocycles. The Balaban J connectivity index is 1.33. The van der Waals surface area contributed by atoms with Crippen molar-refractivity contribution < 1.29 is 13.2 Å². The van der Waals surface area contributed by atoms with E-state index in [-0.39, 0.29) is 4.90 Å². The lowest BCUT2D eigenvalue weighted by atomic mass is 10.3. The van der Waals surface area contributed by atoms with Gasteiger partial charge in [-0.2, -0.15) is 0 Å². The average molecular weight is 510 g/mol. The summed E-state index contributed by atoms with van der Waals surface area (Å²) >= 11 is 11.2. The zero-order chi connectivity index (χ0) is 24.0. The Morgan fingerprint density at radius 2 is 1.18 bits per heavy atom. The highest BCUT2D eigenvalue weighted by Crippen LogP contribution is 2.23. The van der Waals surface area contributed by atoms with Crippen LogP contribution in [0.5, 0.6) is 11.5 Å². The third kappa shape index (κ3) is 6.48. The molecule has 9 heteroatoms. The standard InChI is InChI=1S/C25H20ClN3O3S2/c26-18-6-8-21(9-7-18)29-34(30,31)24-16-12-20(13-17-24)28-25(33)27-19-10-14-23(15-11-19)32-22-4-2-1-3-5-22/h1-17,29H,(H2,27,28,33). The van der Waals surface area contributed by atoms with Crippen LogP contribution in [0.3, 0.4) is 0 Å². The summed E-state index contributed by atoms with van der Waals surface area (Å²) < 4.78 is 33.5. The molecule has 4 aromatic carbocycles. The number of benzene rings is 4. The molecule has 0 atom stereocenters. The second-order valence-electron chi connectivity index (χ2n) is 7.16. The Labute approximate surface area is 208 Å². The minimum Gasteiger partial charge on any atom is -0.457 e. The molecule has 0 spiro atoms. The van der Waals surface area contributed by atoms with Gasteiger partial charge in [-0.05, 0) is 97.1 Å². The summed E-state index contributed by atoms with van der Waals surface area (Å²) in [5, 5.41) is 7.02. The van der Waals surface area contributed by atoms with Crippen molar-refractivity contribution in [3.05, 3.63) is 108 Å². The molecule has 0 heterocycles. The third-order valence-electron chi connectivity index (χ3n) is 4.61. The molecule has 0 fully saturated rings. The van der Waals surface area contributed by atoms with Crippen LogP contribution in [-0.2, 0) is 10.0 Å². The van der Waals surface area contributed by atoms with Gasteiger partial charge >= 0.3 is 0 Å². The predicted molar refractivity (Wildman–Crippen MR) is 142 cm³/mol. The van der Waals surface area contributed by atoms with Crippen LogP contribution in [0.25, 0.3) is 0 Å². The lowest BCUT2D eigenvalue weighted by Gasteiger charge is -2.12. The number of ether oxygens (including phenoxy) is 1. The number of thiocarbonyl (C=S) groups is 1. The summed E-state index contributed by atoms with van der Waals surface area (Å²) in [4.78, 5) is 0.126. The van der Waals surface area contributed by atoms with Gasteiger partial charge in [-0.15, -0.1) is 0 Å². The largest absolute Gasteiger partial charge is 0.457 e. The molecule has 3 N–H and O–H groups in total. The van der Waals surface area contributed by atoms with E-state index in [1.165, 1.54) is 12.1 Å². The van der Waals surface area contributed by atoms with Crippen LogP contribution in [-0.4, -0.2) is 13.5 Å². The number of hydrogen-bond acceptors (Lipinski definition) is 4. The van der Waals surface area contributed by atoms with E-state index in [0.717, 1.165) is 11.4 Å². The van der Waals surface area contributed by atoms with Crippen LogP contribution >= 0.6 is 23.8 Å². The molecule has 0 saturated carbocycles. The summed E-state index contributed by atoms with van der Waals surface area (Å²) in [5.74, 6) is 1.47. The molecule has 4 rings (SSSR count). The smallest absolute Gasteiger partial charge is 0.261 e. The molecule has 0 radical (unpaired) electrons. The minimum atomic E-state index is -3.73. The lowest BCUT2D eigenvalue weighted by molar-refractivity contribution is 0.483. The number of rotatable bonds is 7. The molecular formula is C25H20ClN3O3S2. The van der Waals surface area contributed by atoms with Gasteiger partial charge in [-0.3, -0.25) is 4.72 Å². The summed E-state index contributed by atoms with van der Waals surface area (Å²) in [6, 6.07) is 29.6. The van der Waals surface area contributed by atoms with Crippen LogP contribution in [0.4, 0.5) is 17.1 Å². The fraction of sp³-hybridized carbons (Fsp3) is 0. The average Bonchev–Trinajstić information content (AvgIpc) is 2.83. The quantitative estimate of drug-likeness (QED) is 0.239. The fourth-order valence-electron chi connectivity index (χ4n) is 2.97. The topological polar surface area (TPSA) is 79.5 Å². The highest BCUT2D eigenvalue weighted by molar-refractivity contribution is 7.92. The van der Waals surface area contributed by atoms with Gasteiger partial charge in [0.2, 0.25) is 0 Å². The van der Waals surface area contributed by atoms with Crippen LogP contribution in [0.1, 0.15) is 0 Å². The molecule has 0 unspecified atom stereocenters. The van der Waals surface area contributed by atoms with E-state index in [4.69, 9.17) is 28.6 Å². The van der Waals surface area contributed by atoms with Crippen LogP contribution in [0.15, 0.2) is 108 Å². The van der Waals surface area contributed by atoms with Gasteiger partial charge in [-0.1, -0.05) is 29.8 Å². The Bertz CT molecular complexity index is 1360. The van der Waals surface area contributed by atoms with Gasteiger partial charge in [0.1, 0.15) is 11.5 Å². The Morgan fingerprint density at radius 1 is 0.676 bits per heavy atom. The molecule has 0 saturated heterocycles. The van der Waals surface area contributed by atoms with Crippen molar-refractivity contribution in [1.29, 1.82) is 0 Å². The molecule has 4 aromatic rings. The molecule has 0 bridgehead atoms. The Morgan fingerprint density at radius 3 is 1.76 bits per heavy atom. The minimum absolute atomic E-state index is 0.126. The molecule has 172 valence electrons. The van der Waals surface area contributed by atoms with Crippen molar-refractivity contribution in [2.75, 3.05) is 15.4 Å². The van der Waals surface area contributed by atoms with Gasteiger partial charge in [0.15, 0.2) is 5.11 Å². The number of halogens is 1. The maximum atomic E-state index is 12.6.